The van der Waals surface area contributed by atoms with Gasteiger partial charge in [0.05, 0.1) is 55.9 Å². The standard InChI is InChI=1S/C62H97N15O12S/c1-71(26-7-8-35-88-51-19-14-47(15-20-51)16-23-56(78)75(27-10-34-83-3)58(53-11-9-25-63-60(53)84-4)59(80)64-46-76-55-13-6-5-12-54(55)68-70-76)32-37-86-40-39-85-36-24-49-44-74(77(82)69-49)33-38-87-41-42-89-52-21-17-48(18-22-52)65-61(81)67-62-66-50(45-90-62)43-57(79)73-30-28-72(2)29-31-73/h5-6,12-15,17-22,49-50,53,58,60,62-63,66,68,70H,7-11,16,23-46H2,1-4H3,(H3-,64,65,67,69,80,81,82)/p+1. The van der Waals surface area contributed by atoms with Gasteiger partial charge < -0.3 is 74.1 Å². The Labute approximate surface area is 534 Å². The molecule has 0 radical (unpaired) electrons. The summed E-state index contributed by atoms with van der Waals surface area (Å²) >= 11 is 1.58. The number of carbonyl (C=O) groups excluding carboxylic acids is 4. The van der Waals surface area contributed by atoms with E-state index in [0.717, 1.165) is 105 Å². The van der Waals surface area contributed by atoms with Crippen molar-refractivity contribution < 1.29 is 57.3 Å². The number of urea groups is 1. The highest BCUT2D eigenvalue weighted by Gasteiger charge is 2.42. The molecule has 498 valence electrons. The molecule has 5 aliphatic heterocycles. The van der Waals surface area contributed by atoms with Crippen LogP contribution in [-0.2, 0) is 44.5 Å². The Kier molecular flexibility index (Phi) is 29.3. The van der Waals surface area contributed by atoms with Crippen LogP contribution in [0.5, 0.6) is 11.5 Å². The number of fused-ring (bicyclic) bond motifs is 1. The minimum atomic E-state index is -0.755. The molecule has 90 heavy (non-hydrogen) atoms. The van der Waals surface area contributed by atoms with Crippen LogP contribution in [0.1, 0.15) is 56.9 Å². The number of likely N-dealkylation sites (N-methyl/N-ethyl adjacent to an activating group) is 2. The summed E-state index contributed by atoms with van der Waals surface area (Å²) in [5.41, 5.74) is 12.4. The fourth-order valence-corrected chi connectivity index (χ4v) is 12.5. The molecule has 3 aromatic carbocycles. The Morgan fingerprint density at radius 2 is 1.54 bits per heavy atom. The number of hydrogen-bond donors (Lipinski definition) is 8. The highest BCUT2D eigenvalue weighted by molar-refractivity contribution is 8.00. The lowest BCUT2D eigenvalue weighted by Crippen LogP contribution is -2.61. The van der Waals surface area contributed by atoms with Gasteiger partial charge in [-0.15, -0.1) is 27.7 Å². The van der Waals surface area contributed by atoms with Crippen molar-refractivity contribution in [1.29, 1.82) is 0 Å². The maximum atomic E-state index is 14.3. The van der Waals surface area contributed by atoms with E-state index >= 15 is 0 Å². The van der Waals surface area contributed by atoms with Crippen molar-refractivity contribution in [2.45, 2.75) is 87.6 Å². The lowest BCUT2D eigenvalue weighted by Gasteiger charge is -2.41. The normalized spacial score (nSPS) is 20.3. The number of piperidine rings is 1. The van der Waals surface area contributed by atoms with Gasteiger partial charge >= 0.3 is 6.03 Å². The fourth-order valence-electron chi connectivity index (χ4n) is 11.4. The summed E-state index contributed by atoms with van der Waals surface area (Å²) in [6.45, 7) is 11.5. The smallest absolute Gasteiger partial charge is 0.321 e. The second-order valence-corrected chi connectivity index (χ2v) is 24.4. The van der Waals surface area contributed by atoms with E-state index in [1.807, 2.05) is 58.4 Å². The number of hydrazine groups is 4. The number of ether oxygens (including phenoxy) is 7. The Bertz CT molecular complexity index is 2650. The number of amides is 5. The van der Waals surface area contributed by atoms with Crippen LogP contribution in [-0.4, -0.2) is 249 Å². The minimum Gasteiger partial charge on any atom is -0.494 e. The van der Waals surface area contributed by atoms with Crippen molar-refractivity contribution in [3.05, 3.63) is 83.3 Å². The summed E-state index contributed by atoms with van der Waals surface area (Å²) in [6, 6.07) is 21.7. The van der Waals surface area contributed by atoms with Gasteiger partial charge in [0.15, 0.2) is 0 Å². The van der Waals surface area contributed by atoms with Crippen molar-refractivity contribution in [2.24, 2.45) is 5.92 Å². The zero-order valence-corrected chi connectivity index (χ0v) is 53.9. The van der Waals surface area contributed by atoms with Gasteiger partial charge in [0, 0.05) is 103 Å². The van der Waals surface area contributed by atoms with Gasteiger partial charge in [-0.05, 0) is 126 Å². The number of anilines is 3. The van der Waals surface area contributed by atoms with E-state index in [-0.39, 0.29) is 66.6 Å². The number of unbranched alkanes of at least 4 members (excludes halogenated alkanes) is 1. The first-order chi connectivity index (χ1) is 43.9. The number of para-hydroxylation sites is 2. The summed E-state index contributed by atoms with van der Waals surface area (Å²) in [5, 5.41) is 19.2. The predicted octanol–water partition coefficient (Wildman–Crippen LogP) is 3.02. The first-order valence-corrected chi connectivity index (χ1v) is 32.9. The molecule has 3 aromatic rings. The molecule has 4 saturated heterocycles. The monoisotopic (exact) mass is 1280 g/mol. The van der Waals surface area contributed by atoms with E-state index in [4.69, 9.17) is 33.2 Å². The SMILES string of the molecule is COCCCN(C(=O)CCc1ccc(OCCCCN(C)CCOCCOCCC2CN(CCOCCOc3ccc(NC(=O)NC4NC(CC(=O)N5CCN(C)CC5)CS4)cc3)[N+](=O)N2)cc1)C(C(=O)NCN1NNc2ccccc21)C1CCCNC1OC. The van der Waals surface area contributed by atoms with Crippen molar-refractivity contribution in [3.63, 3.8) is 0 Å². The molecular weight excluding hydrogens is 1180 g/mol. The first kappa shape index (κ1) is 69.6. The molecule has 8 rings (SSSR count). The number of rotatable bonds is 39. The number of aryl methyl sites for hydroxylation is 1. The van der Waals surface area contributed by atoms with Crippen molar-refractivity contribution >= 4 is 52.6 Å². The number of nitrogens with one attached hydrogen (secondary N) is 8. The molecular formula is C62H98N15O12S+. The highest BCUT2D eigenvalue weighted by Crippen LogP contribution is 2.30. The zero-order chi connectivity index (χ0) is 63.3. The van der Waals surface area contributed by atoms with E-state index in [2.05, 4.69) is 66.9 Å². The van der Waals surface area contributed by atoms with Crippen LogP contribution < -0.4 is 57.5 Å². The number of methoxy groups -OCH3 is 2. The number of carbonyl (C=O) groups is 4. The molecule has 8 N–H and O–H groups in total. The quantitative estimate of drug-likeness (QED) is 0.0301. The summed E-state index contributed by atoms with van der Waals surface area (Å²) in [5.74, 6) is 1.74. The third kappa shape index (κ3) is 22.8. The summed E-state index contributed by atoms with van der Waals surface area (Å²) in [7, 11) is 7.43. The number of hydrogen-bond acceptors (Lipinski definition) is 20. The molecule has 5 heterocycles. The molecule has 0 spiro atoms. The molecule has 0 aromatic heterocycles. The summed E-state index contributed by atoms with van der Waals surface area (Å²) < 4.78 is 40.5. The van der Waals surface area contributed by atoms with Gasteiger partial charge in [0.1, 0.15) is 61.7 Å². The van der Waals surface area contributed by atoms with Crippen molar-refractivity contribution in [3.8, 4) is 11.5 Å². The molecule has 5 aliphatic rings. The van der Waals surface area contributed by atoms with E-state index in [0.29, 0.717) is 116 Å². The fraction of sp³-hybridized carbons (Fsp3) is 0.645. The lowest BCUT2D eigenvalue weighted by molar-refractivity contribution is -0.731. The molecule has 0 bridgehead atoms. The Morgan fingerprint density at radius 3 is 2.33 bits per heavy atom. The second-order valence-electron chi connectivity index (χ2n) is 23.3. The third-order valence-electron chi connectivity index (χ3n) is 16.5. The van der Waals surface area contributed by atoms with Gasteiger partial charge in [-0.1, -0.05) is 24.3 Å². The number of piperazine rings is 1. The van der Waals surface area contributed by atoms with Gasteiger partial charge in [-0.2, -0.15) is 0 Å². The third-order valence-corrected chi connectivity index (χ3v) is 17.7. The zero-order valence-electron chi connectivity index (χ0n) is 53.0. The largest absolute Gasteiger partial charge is 0.494 e. The van der Waals surface area contributed by atoms with Crippen LogP contribution in [0, 0.1) is 10.8 Å². The highest BCUT2D eigenvalue weighted by atomic mass is 32.2. The molecule has 6 atom stereocenters. The topological polar surface area (TPSA) is 269 Å². The van der Waals surface area contributed by atoms with Gasteiger partial charge in [-0.25, -0.2) is 4.79 Å². The van der Waals surface area contributed by atoms with Crippen molar-refractivity contribution in [1.82, 2.24) is 56.8 Å². The van der Waals surface area contributed by atoms with Crippen LogP contribution >= 0.6 is 11.8 Å². The molecule has 4 fully saturated rings. The average molecular weight is 1280 g/mol. The maximum Gasteiger partial charge on any atom is 0.321 e. The summed E-state index contributed by atoms with van der Waals surface area (Å²) in [6.07, 6.45) is 5.54. The van der Waals surface area contributed by atoms with E-state index < -0.39 is 6.04 Å². The van der Waals surface area contributed by atoms with E-state index in [9.17, 15) is 24.1 Å². The number of benzene rings is 3. The van der Waals surface area contributed by atoms with Crippen LogP contribution in [0.25, 0.3) is 0 Å². The molecule has 0 saturated carbocycles. The number of nitrogens with zero attached hydrogens (tertiary/aromatic N) is 7. The number of nitroso groups, excluding NO2 is 1. The molecule has 28 heteroatoms. The first-order valence-electron chi connectivity index (χ1n) is 31.9. The molecule has 6 unspecified atom stereocenters. The molecule has 27 nitrogen and oxygen atoms in total. The lowest BCUT2D eigenvalue weighted by atomic mass is 9.87. The van der Waals surface area contributed by atoms with Crippen LogP contribution in [0.2, 0.25) is 0 Å². The average Bonchev–Trinajstić information content (AvgIpc) is 1.88. The van der Waals surface area contributed by atoms with Crippen LogP contribution in [0.4, 0.5) is 21.9 Å². The molecule has 0 aliphatic carbocycles. The maximum absolute atomic E-state index is 14.3. The number of thioether (sulfide) groups is 1. The van der Waals surface area contributed by atoms with E-state index in [1.165, 1.54) is 0 Å². The minimum absolute atomic E-state index is 0.0121. The Morgan fingerprint density at radius 1 is 0.800 bits per heavy atom. The van der Waals surface area contributed by atoms with Crippen LogP contribution in [0.3, 0.4) is 0 Å². The summed E-state index contributed by atoms with van der Waals surface area (Å²) in [4.78, 5) is 75.4. The second kappa shape index (κ2) is 37.9. The van der Waals surface area contributed by atoms with Gasteiger partial charge in [0.25, 0.3) is 0 Å². The predicted molar refractivity (Wildman–Crippen MR) is 344 cm³/mol. The van der Waals surface area contributed by atoms with Gasteiger partial charge in [-0.3, -0.25) is 30.0 Å². The van der Waals surface area contributed by atoms with Crippen molar-refractivity contribution in [2.75, 3.05) is 181 Å². The Balaban J connectivity index is 0.609. The van der Waals surface area contributed by atoms with Crippen LogP contribution in [0.15, 0.2) is 72.8 Å². The Hall–Kier alpha value is -6.31. The molecule has 5 amide bonds. The van der Waals surface area contributed by atoms with E-state index in [1.54, 1.807) is 60.2 Å². The van der Waals surface area contributed by atoms with Gasteiger partial charge in [0.2, 0.25) is 22.7 Å².